The number of nitrogens with one attached hydrogen (secondary N) is 1. The first-order chi connectivity index (χ1) is 11.3. The van der Waals surface area contributed by atoms with Crippen LogP contribution < -0.4 is 5.32 Å². The largest absolute Gasteiger partial charge is 0.507 e. The summed E-state index contributed by atoms with van der Waals surface area (Å²) in [7, 11) is 0. The summed E-state index contributed by atoms with van der Waals surface area (Å²) in [6.07, 6.45) is 5.81. The molecular weight excluding hydrogens is 306 g/mol. The Labute approximate surface area is 141 Å². The molecule has 5 rings (SSSR count). The fourth-order valence-corrected chi connectivity index (χ4v) is 5.97. The predicted octanol–water partition coefficient (Wildman–Crippen LogP) is 2.55. The van der Waals surface area contributed by atoms with Crippen LogP contribution >= 0.6 is 0 Å². The van der Waals surface area contributed by atoms with Gasteiger partial charge in [0.1, 0.15) is 17.1 Å². The summed E-state index contributed by atoms with van der Waals surface area (Å²) in [4.78, 5) is 12.6. The zero-order valence-corrected chi connectivity index (χ0v) is 14.0. The van der Waals surface area contributed by atoms with Crippen LogP contribution in [0, 0.1) is 17.3 Å². The Morgan fingerprint density at radius 2 is 1.75 bits per heavy atom. The highest BCUT2D eigenvalue weighted by molar-refractivity contribution is 5.99. The summed E-state index contributed by atoms with van der Waals surface area (Å²) < 4.78 is 0. The zero-order chi connectivity index (χ0) is 17.1. The fraction of sp³-hybridized carbons (Fsp3) is 0.632. The molecule has 4 fully saturated rings. The van der Waals surface area contributed by atoms with Gasteiger partial charge in [0, 0.05) is 6.04 Å². The molecule has 1 aromatic rings. The van der Waals surface area contributed by atoms with E-state index in [-0.39, 0.29) is 28.5 Å². The molecule has 5 heteroatoms. The molecule has 24 heavy (non-hydrogen) atoms. The highest BCUT2D eigenvalue weighted by Gasteiger charge is 2.59. The molecule has 2 unspecified atom stereocenters. The van der Waals surface area contributed by atoms with E-state index in [0.717, 1.165) is 32.1 Å². The molecule has 0 saturated heterocycles. The molecule has 0 heterocycles. The third-order valence-corrected chi connectivity index (χ3v) is 6.59. The van der Waals surface area contributed by atoms with Crippen molar-refractivity contribution in [3.05, 3.63) is 23.8 Å². The third-order valence-electron chi connectivity index (χ3n) is 6.59. The Morgan fingerprint density at radius 1 is 1.17 bits per heavy atom. The molecule has 4 aliphatic carbocycles. The minimum Gasteiger partial charge on any atom is -0.507 e. The number of aromatic hydroxyl groups is 2. The average Bonchev–Trinajstić information content (AvgIpc) is 2.44. The second kappa shape index (κ2) is 5.12. The standard InChI is InChI=1S/C19H25NO4/c1-11(20-17(23)16-14(21)3-2-4-15(16)22)18-6-12-5-13(7-18)9-19(24,8-12)10-18/h2-4,11-13,21-22,24H,5-10H2,1H3,(H,20,23)/t11-,12-,13+,18?,19?/m0/s1. The maximum atomic E-state index is 12.6. The predicted molar refractivity (Wildman–Crippen MR) is 88.8 cm³/mol. The number of phenolic OH excluding ortho intramolecular Hbond substituents is 2. The lowest BCUT2D eigenvalue weighted by Gasteiger charge is -2.62. The number of hydrogen-bond donors (Lipinski definition) is 4. The summed E-state index contributed by atoms with van der Waals surface area (Å²) in [5.74, 6) is 0.205. The first-order valence-corrected chi connectivity index (χ1v) is 8.84. The van der Waals surface area contributed by atoms with Gasteiger partial charge in [0.15, 0.2) is 0 Å². The van der Waals surface area contributed by atoms with Gasteiger partial charge in [0.05, 0.1) is 5.60 Å². The number of hydrogen-bond acceptors (Lipinski definition) is 4. The SMILES string of the molecule is C[C@H](NC(=O)c1c(O)cccc1O)C12C[C@@H]3C[C@@H](CC(O)(C3)C1)C2. The Bertz CT molecular complexity index is 652. The molecular formula is C19H25NO4. The molecule has 0 spiro atoms. The van der Waals surface area contributed by atoms with E-state index in [1.165, 1.54) is 24.6 Å². The molecule has 4 saturated carbocycles. The monoisotopic (exact) mass is 331 g/mol. The van der Waals surface area contributed by atoms with Gasteiger partial charge < -0.3 is 20.6 Å². The second-order valence-electron chi connectivity index (χ2n) is 8.41. The first kappa shape index (κ1) is 15.8. The van der Waals surface area contributed by atoms with Gasteiger partial charge in [-0.3, -0.25) is 4.79 Å². The van der Waals surface area contributed by atoms with Gasteiger partial charge in [0.25, 0.3) is 5.91 Å². The quantitative estimate of drug-likeness (QED) is 0.685. The Kier molecular flexibility index (Phi) is 3.36. The minimum absolute atomic E-state index is 0.0749. The maximum Gasteiger partial charge on any atom is 0.259 e. The highest BCUT2D eigenvalue weighted by Crippen LogP contribution is 2.62. The van der Waals surface area contributed by atoms with E-state index in [4.69, 9.17) is 0 Å². The lowest BCUT2D eigenvalue weighted by atomic mass is 9.46. The zero-order valence-electron chi connectivity index (χ0n) is 14.0. The van der Waals surface area contributed by atoms with E-state index in [1.807, 2.05) is 6.92 Å². The van der Waals surface area contributed by atoms with Crippen molar-refractivity contribution in [2.45, 2.75) is 57.1 Å². The number of aliphatic hydroxyl groups is 1. The minimum atomic E-state index is -0.569. The lowest BCUT2D eigenvalue weighted by Crippen LogP contribution is -2.61. The summed E-state index contributed by atoms with van der Waals surface area (Å²) in [5, 5.41) is 33.6. The molecule has 4 N–H and O–H groups in total. The van der Waals surface area contributed by atoms with Gasteiger partial charge in [-0.15, -0.1) is 0 Å². The number of benzene rings is 1. The van der Waals surface area contributed by atoms with Gasteiger partial charge in [-0.2, -0.15) is 0 Å². The molecule has 0 radical (unpaired) electrons. The molecule has 1 aromatic carbocycles. The van der Waals surface area contributed by atoms with Gasteiger partial charge in [0.2, 0.25) is 0 Å². The van der Waals surface area contributed by atoms with Crippen molar-refractivity contribution in [1.82, 2.24) is 5.32 Å². The van der Waals surface area contributed by atoms with E-state index < -0.39 is 11.5 Å². The Morgan fingerprint density at radius 3 is 2.29 bits per heavy atom. The molecule has 0 aliphatic heterocycles. The summed E-state index contributed by atoms with van der Waals surface area (Å²) >= 11 is 0. The van der Waals surface area contributed by atoms with Crippen LogP contribution in [0.25, 0.3) is 0 Å². The normalized spacial score (nSPS) is 38.1. The topological polar surface area (TPSA) is 89.8 Å². The van der Waals surface area contributed by atoms with Crippen molar-refractivity contribution in [2.24, 2.45) is 17.3 Å². The molecule has 130 valence electrons. The Balaban J connectivity index is 1.56. The molecule has 1 amide bonds. The van der Waals surface area contributed by atoms with E-state index in [1.54, 1.807) is 0 Å². The van der Waals surface area contributed by atoms with Crippen molar-refractivity contribution < 1.29 is 20.1 Å². The molecule has 5 atom stereocenters. The third kappa shape index (κ3) is 2.37. The van der Waals surface area contributed by atoms with E-state index in [2.05, 4.69) is 5.32 Å². The van der Waals surface area contributed by atoms with E-state index in [0.29, 0.717) is 11.8 Å². The first-order valence-electron chi connectivity index (χ1n) is 8.84. The summed E-state index contributed by atoms with van der Waals surface area (Å²) in [5.41, 5.74) is -0.720. The van der Waals surface area contributed by atoms with Gasteiger partial charge in [-0.1, -0.05) is 6.07 Å². The number of carbonyl (C=O) groups excluding carboxylic acids is 1. The smallest absolute Gasteiger partial charge is 0.259 e. The summed E-state index contributed by atoms with van der Waals surface area (Å²) in [6, 6.07) is 4.18. The van der Waals surface area contributed by atoms with Crippen molar-refractivity contribution in [3.63, 3.8) is 0 Å². The number of rotatable bonds is 3. The van der Waals surface area contributed by atoms with Gasteiger partial charge in [-0.05, 0) is 74.8 Å². The summed E-state index contributed by atoms with van der Waals surface area (Å²) in [6.45, 7) is 1.99. The highest BCUT2D eigenvalue weighted by atomic mass is 16.3. The van der Waals surface area contributed by atoms with E-state index >= 15 is 0 Å². The number of carbonyl (C=O) groups is 1. The number of phenols is 2. The van der Waals surface area contributed by atoms with Gasteiger partial charge in [-0.25, -0.2) is 0 Å². The van der Waals surface area contributed by atoms with Crippen LogP contribution in [-0.4, -0.2) is 32.9 Å². The maximum absolute atomic E-state index is 12.6. The van der Waals surface area contributed by atoms with Gasteiger partial charge >= 0.3 is 0 Å². The van der Waals surface area contributed by atoms with E-state index in [9.17, 15) is 20.1 Å². The molecule has 0 aromatic heterocycles. The van der Waals surface area contributed by atoms with Crippen molar-refractivity contribution in [3.8, 4) is 11.5 Å². The second-order valence-corrected chi connectivity index (χ2v) is 8.41. The van der Waals surface area contributed by atoms with Crippen molar-refractivity contribution in [2.75, 3.05) is 0 Å². The molecule has 4 aliphatic rings. The van der Waals surface area contributed by atoms with Crippen LogP contribution in [0.5, 0.6) is 11.5 Å². The fourth-order valence-electron chi connectivity index (χ4n) is 5.97. The van der Waals surface area contributed by atoms with Crippen LogP contribution in [0.15, 0.2) is 18.2 Å². The van der Waals surface area contributed by atoms with Crippen LogP contribution in [0.2, 0.25) is 0 Å². The van der Waals surface area contributed by atoms with Crippen LogP contribution in [-0.2, 0) is 0 Å². The number of amides is 1. The van der Waals surface area contributed by atoms with Crippen molar-refractivity contribution >= 4 is 5.91 Å². The Hall–Kier alpha value is -1.75. The molecule has 4 bridgehead atoms. The van der Waals surface area contributed by atoms with Crippen LogP contribution in [0.1, 0.15) is 55.8 Å². The molecule has 5 nitrogen and oxygen atoms in total. The van der Waals surface area contributed by atoms with Crippen molar-refractivity contribution in [1.29, 1.82) is 0 Å². The lowest BCUT2D eigenvalue weighted by molar-refractivity contribution is -0.171. The average molecular weight is 331 g/mol. The van der Waals surface area contributed by atoms with Crippen LogP contribution in [0.3, 0.4) is 0 Å². The van der Waals surface area contributed by atoms with Crippen LogP contribution in [0.4, 0.5) is 0 Å².